The molecule has 6 nitrogen and oxygen atoms in total. The van der Waals surface area contributed by atoms with Gasteiger partial charge in [0.2, 0.25) is 5.91 Å². The number of hydrogen-bond donors (Lipinski definition) is 2. The average molecular weight is 317 g/mol. The van der Waals surface area contributed by atoms with Crippen molar-refractivity contribution in [1.82, 2.24) is 15.5 Å². The highest BCUT2D eigenvalue weighted by molar-refractivity contribution is 5.75. The van der Waals surface area contributed by atoms with E-state index in [1.165, 1.54) is 5.56 Å². The van der Waals surface area contributed by atoms with Crippen LogP contribution in [0.25, 0.3) is 0 Å². The molecule has 124 valence electrons. The SMILES string of the molecule is CC(=O)N1CCC(NC(=O)NC[C@@H]2Cc3ccccc3O2)CC1. The number of likely N-dealkylation sites (tertiary alicyclic amines) is 1. The molecule has 2 N–H and O–H groups in total. The van der Waals surface area contributed by atoms with Crippen LogP contribution in [0.5, 0.6) is 5.75 Å². The van der Waals surface area contributed by atoms with E-state index in [0.29, 0.717) is 19.6 Å². The van der Waals surface area contributed by atoms with Crippen LogP contribution in [0.2, 0.25) is 0 Å². The van der Waals surface area contributed by atoms with Crippen LogP contribution in [0.15, 0.2) is 24.3 Å². The van der Waals surface area contributed by atoms with Crippen molar-refractivity contribution in [2.24, 2.45) is 0 Å². The summed E-state index contributed by atoms with van der Waals surface area (Å²) in [6.07, 6.45) is 2.43. The van der Waals surface area contributed by atoms with Gasteiger partial charge in [0.15, 0.2) is 0 Å². The van der Waals surface area contributed by atoms with Crippen LogP contribution in [0.3, 0.4) is 0 Å². The van der Waals surface area contributed by atoms with Crippen molar-refractivity contribution in [1.29, 1.82) is 0 Å². The summed E-state index contributed by atoms with van der Waals surface area (Å²) >= 11 is 0. The molecule has 0 radical (unpaired) electrons. The fraction of sp³-hybridized carbons (Fsp3) is 0.529. The number of amides is 3. The minimum atomic E-state index is -0.161. The third-order valence-corrected chi connectivity index (χ3v) is 4.48. The van der Waals surface area contributed by atoms with Gasteiger partial charge in [-0.05, 0) is 24.5 Å². The molecule has 2 heterocycles. The van der Waals surface area contributed by atoms with Crippen LogP contribution in [-0.2, 0) is 11.2 Å². The zero-order chi connectivity index (χ0) is 16.2. The lowest BCUT2D eigenvalue weighted by atomic mass is 10.1. The van der Waals surface area contributed by atoms with E-state index in [2.05, 4.69) is 16.7 Å². The highest BCUT2D eigenvalue weighted by Crippen LogP contribution is 2.27. The molecule has 3 amide bonds. The predicted octanol–water partition coefficient (Wildman–Crippen LogP) is 1.30. The van der Waals surface area contributed by atoms with Gasteiger partial charge in [-0.3, -0.25) is 4.79 Å². The maximum absolute atomic E-state index is 12.0. The van der Waals surface area contributed by atoms with Crippen LogP contribution in [-0.4, -0.2) is 48.6 Å². The first kappa shape index (κ1) is 15.6. The van der Waals surface area contributed by atoms with E-state index in [1.807, 2.05) is 23.1 Å². The molecule has 0 aromatic heterocycles. The number of benzene rings is 1. The number of nitrogens with zero attached hydrogens (tertiary/aromatic N) is 1. The lowest BCUT2D eigenvalue weighted by Gasteiger charge is -2.31. The molecular weight excluding hydrogens is 294 g/mol. The quantitative estimate of drug-likeness (QED) is 0.883. The summed E-state index contributed by atoms with van der Waals surface area (Å²) in [6.45, 7) is 3.50. The van der Waals surface area contributed by atoms with E-state index < -0.39 is 0 Å². The molecule has 2 aliphatic rings. The first-order valence-electron chi connectivity index (χ1n) is 8.16. The van der Waals surface area contributed by atoms with Crippen molar-refractivity contribution < 1.29 is 14.3 Å². The number of hydrogen-bond acceptors (Lipinski definition) is 3. The average Bonchev–Trinajstić information content (AvgIpc) is 2.96. The van der Waals surface area contributed by atoms with Crippen molar-refractivity contribution in [2.45, 2.75) is 38.3 Å². The zero-order valence-corrected chi connectivity index (χ0v) is 13.4. The lowest BCUT2D eigenvalue weighted by molar-refractivity contribution is -0.129. The predicted molar refractivity (Wildman–Crippen MR) is 86.4 cm³/mol. The van der Waals surface area contributed by atoms with E-state index in [4.69, 9.17) is 4.74 Å². The fourth-order valence-electron chi connectivity index (χ4n) is 3.15. The molecule has 0 aliphatic carbocycles. The third-order valence-electron chi connectivity index (χ3n) is 4.48. The first-order valence-corrected chi connectivity index (χ1v) is 8.16. The molecule has 6 heteroatoms. The minimum Gasteiger partial charge on any atom is -0.488 e. The van der Waals surface area contributed by atoms with E-state index in [1.54, 1.807) is 6.92 Å². The van der Waals surface area contributed by atoms with Gasteiger partial charge in [0.25, 0.3) is 0 Å². The van der Waals surface area contributed by atoms with Crippen LogP contribution < -0.4 is 15.4 Å². The maximum atomic E-state index is 12.0. The number of ether oxygens (including phenoxy) is 1. The van der Waals surface area contributed by atoms with Gasteiger partial charge in [0.05, 0.1) is 6.54 Å². The van der Waals surface area contributed by atoms with Gasteiger partial charge >= 0.3 is 6.03 Å². The number of rotatable bonds is 3. The standard InChI is InChI=1S/C17H23N3O3/c1-12(21)20-8-6-14(7-9-20)19-17(22)18-11-15-10-13-4-2-3-5-16(13)23-15/h2-5,14-15H,6-11H2,1H3,(H2,18,19,22)/t15-/m0/s1. The van der Waals surface area contributed by atoms with Crippen molar-refractivity contribution in [2.75, 3.05) is 19.6 Å². The van der Waals surface area contributed by atoms with Crippen LogP contribution in [0.1, 0.15) is 25.3 Å². The van der Waals surface area contributed by atoms with Crippen molar-refractivity contribution in [3.05, 3.63) is 29.8 Å². The van der Waals surface area contributed by atoms with E-state index in [9.17, 15) is 9.59 Å². The van der Waals surface area contributed by atoms with Gasteiger partial charge < -0.3 is 20.3 Å². The maximum Gasteiger partial charge on any atom is 0.315 e. The lowest BCUT2D eigenvalue weighted by Crippen LogP contribution is -2.50. The molecule has 1 saturated heterocycles. The summed E-state index contributed by atoms with van der Waals surface area (Å²) in [5.41, 5.74) is 1.19. The molecule has 2 aliphatic heterocycles. The smallest absolute Gasteiger partial charge is 0.315 e. The van der Waals surface area contributed by atoms with Gasteiger partial charge in [-0.15, -0.1) is 0 Å². The Kier molecular flexibility index (Phi) is 4.69. The summed E-state index contributed by atoms with van der Waals surface area (Å²) in [7, 11) is 0. The monoisotopic (exact) mass is 317 g/mol. The number of carbonyl (C=O) groups excluding carboxylic acids is 2. The molecule has 23 heavy (non-hydrogen) atoms. The number of para-hydroxylation sites is 1. The Morgan fingerprint density at radius 2 is 2.00 bits per heavy atom. The molecule has 0 spiro atoms. The number of urea groups is 1. The highest BCUT2D eigenvalue weighted by atomic mass is 16.5. The summed E-state index contributed by atoms with van der Waals surface area (Å²) < 4.78 is 5.80. The molecule has 1 atom stereocenters. The second-order valence-electron chi connectivity index (χ2n) is 6.19. The van der Waals surface area contributed by atoms with Crippen molar-refractivity contribution in [3.8, 4) is 5.75 Å². The summed E-state index contributed by atoms with van der Waals surface area (Å²) in [6, 6.07) is 7.93. The molecule has 0 unspecified atom stereocenters. The number of piperidine rings is 1. The molecule has 0 bridgehead atoms. The second-order valence-corrected chi connectivity index (χ2v) is 6.19. The summed E-state index contributed by atoms with van der Waals surface area (Å²) in [5.74, 6) is 1.02. The number of nitrogens with one attached hydrogen (secondary N) is 2. The molecule has 3 rings (SSSR count). The Morgan fingerprint density at radius 3 is 2.70 bits per heavy atom. The van der Waals surface area contributed by atoms with Gasteiger partial charge in [0.1, 0.15) is 11.9 Å². The largest absolute Gasteiger partial charge is 0.488 e. The van der Waals surface area contributed by atoms with E-state index in [-0.39, 0.29) is 24.1 Å². The van der Waals surface area contributed by atoms with E-state index >= 15 is 0 Å². The second kappa shape index (κ2) is 6.89. The Hall–Kier alpha value is -2.24. The van der Waals surface area contributed by atoms with Gasteiger partial charge in [-0.1, -0.05) is 18.2 Å². The summed E-state index contributed by atoms with van der Waals surface area (Å²) in [5, 5.41) is 5.87. The first-order chi connectivity index (χ1) is 11.1. The van der Waals surface area contributed by atoms with Gasteiger partial charge in [-0.2, -0.15) is 0 Å². The molecule has 1 fully saturated rings. The zero-order valence-electron chi connectivity index (χ0n) is 13.4. The molecule has 0 saturated carbocycles. The Labute approximate surface area is 136 Å². The number of carbonyl (C=O) groups is 2. The van der Waals surface area contributed by atoms with Crippen LogP contribution >= 0.6 is 0 Å². The van der Waals surface area contributed by atoms with Gasteiger partial charge in [0, 0.05) is 32.5 Å². The topological polar surface area (TPSA) is 70.7 Å². The minimum absolute atomic E-state index is 0.00212. The highest BCUT2D eigenvalue weighted by Gasteiger charge is 2.24. The van der Waals surface area contributed by atoms with Crippen LogP contribution in [0, 0.1) is 0 Å². The van der Waals surface area contributed by atoms with Crippen molar-refractivity contribution in [3.63, 3.8) is 0 Å². The number of fused-ring (bicyclic) bond motifs is 1. The Balaban J connectivity index is 1.37. The van der Waals surface area contributed by atoms with Gasteiger partial charge in [-0.25, -0.2) is 4.79 Å². The van der Waals surface area contributed by atoms with E-state index in [0.717, 1.165) is 25.0 Å². The molecule has 1 aromatic carbocycles. The fourth-order valence-corrected chi connectivity index (χ4v) is 3.15. The Morgan fingerprint density at radius 1 is 1.26 bits per heavy atom. The normalized spacial score (nSPS) is 20.6. The third kappa shape index (κ3) is 3.94. The summed E-state index contributed by atoms with van der Waals surface area (Å²) in [4.78, 5) is 25.1. The molecule has 1 aromatic rings. The Bertz CT molecular complexity index is 557. The molecular formula is C17H23N3O3. The van der Waals surface area contributed by atoms with Crippen molar-refractivity contribution >= 4 is 11.9 Å². The van der Waals surface area contributed by atoms with Crippen LogP contribution in [0.4, 0.5) is 4.79 Å².